The van der Waals surface area contributed by atoms with E-state index >= 15 is 0 Å². The maximum absolute atomic E-state index is 13.1. The summed E-state index contributed by atoms with van der Waals surface area (Å²) in [5.74, 6) is -0.635. The van der Waals surface area contributed by atoms with Crippen LogP contribution in [0.5, 0.6) is 0 Å². The Balaban J connectivity index is 1.37. The number of aliphatic hydroxyl groups excluding tert-OH is 1. The molecular formula is C27H28FN5O2S. The van der Waals surface area contributed by atoms with Crippen molar-refractivity contribution in [3.05, 3.63) is 76.7 Å². The molecular weight excluding hydrogens is 477 g/mol. The summed E-state index contributed by atoms with van der Waals surface area (Å²) in [4.78, 5) is 20.1. The molecule has 9 heteroatoms. The molecule has 186 valence electrons. The van der Waals surface area contributed by atoms with Gasteiger partial charge >= 0.3 is 0 Å². The van der Waals surface area contributed by atoms with Crippen molar-refractivity contribution in [2.24, 2.45) is 5.10 Å². The summed E-state index contributed by atoms with van der Waals surface area (Å²) in [5, 5.41) is 17.4. The number of rotatable bonds is 8. The van der Waals surface area contributed by atoms with Gasteiger partial charge in [-0.15, -0.1) is 11.3 Å². The molecule has 3 heterocycles. The Bertz CT molecular complexity index is 1400. The number of halogens is 1. The van der Waals surface area contributed by atoms with Crippen LogP contribution in [-0.2, 0) is 13.1 Å². The predicted molar refractivity (Wildman–Crippen MR) is 141 cm³/mol. The number of likely N-dealkylation sites (tertiary alicyclic amines) is 1. The molecule has 0 saturated carbocycles. The Hall–Kier alpha value is -3.40. The molecule has 4 aromatic rings. The number of hydrazone groups is 1. The average molecular weight is 506 g/mol. The van der Waals surface area contributed by atoms with Gasteiger partial charge in [0.1, 0.15) is 10.8 Å². The minimum absolute atomic E-state index is 0.181. The largest absolute Gasteiger partial charge is 0.395 e. The first kappa shape index (κ1) is 24.3. The van der Waals surface area contributed by atoms with Gasteiger partial charge in [-0.25, -0.2) is 14.8 Å². The summed E-state index contributed by atoms with van der Waals surface area (Å²) in [7, 11) is 0. The number of nitrogens with one attached hydrogen (secondary N) is 1. The quantitative estimate of drug-likeness (QED) is 0.270. The van der Waals surface area contributed by atoms with Crippen LogP contribution < -0.4 is 5.43 Å². The maximum atomic E-state index is 13.1. The Kier molecular flexibility index (Phi) is 7.22. The normalized spacial score (nSPS) is 16.4. The number of hydrogen-bond acceptors (Lipinski definition) is 6. The Labute approximate surface area is 212 Å². The minimum atomic E-state index is -0.322. The highest BCUT2D eigenvalue weighted by atomic mass is 32.1. The molecule has 2 aromatic carbocycles. The van der Waals surface area contributed by atoms with E-state index in [1.54, 1.807) is 23.5 Å². The minimum Gasteiger partial charge on any atom is -0.395 e. The van der Waals surface area contributed by atoms with E-state index in [0.29, 0.717) is 11.1 Å². The van der Waals surface area contributed by atoms with Crippen molar-refractivity contribution in [3.8, 4) is 10.6 Å². The third-order valence-corrected chi connectivity index (χ3v) is 7.53. The number of carbonyl (C=O) groups excluding carboxylic acids is 1. The summed E-state index contributed by atoms with van der Waals surface area (Å²) in [6.45, 7) is 4.66. The van der Waals surface area contributed by atoms with Gasteiger partial charge in [-0.3, -0.25) is 9.69 Å². The van der Waals surface area contributed by atoms with E-state index in [-0.39, 0.29) is 24.4 Å². The summed E-state index contributed by atoms with van der Waals surface area (Å²) < 4.78 is 15.1. The summed E-state index contributed by atoms with van der Waals surface area (Å²) in [6.07, 6.45) is 5.46. The number of fused-ring (bicyclic) bond motifs is 1. The van der Waals surface area contributed by atoms with E-state index in [0.717, 1.165) is 59.6 Å². The highest BCUT2D eigenvalue weighted by Gasteiger charge is 2.24. The zero-order valence-electron chi connectivity index (χ0n) is 20.0. The second-order valence-corrected chi connectivity index (χ2v) is 9.76. The van der Waals surface area contributed by atoms with E-state index in [4.69, 9.17) is 4.98 Å². The number of aryl methyl sites for hydroxylation is 1. The number of thiazole rings is 1. The lowest BCUT2D eigenvalue weighted by atomic mass is 10.1. The van der Waals surface area contributed by atoms with Crippen LogP contribution in [-0.4, -0.2) is 50.9 Å². The van der Waals surface area contributed by atoms with E-state index in [9.17, 15) is 14.3 Å². The molecule has 1 saturated heterocycles. The zero-order valence-corrected chi connectivity index (χ0v) is 20.8. The number of hydrogen-bond donors (Lipinski definition) is 2. The van der Waals surface area contributed by atoms with Crippen molar-refractivity contribution in [2.45, 2.75) is 38.9 Å². The third-order valence-electron chi connectivity index (χ3n) is 6.59. The molecule has 7 nitrogen and oxygen atoms in total. The van der Waals surface area contributed by atoms with Crippen LogP contribution in [0, 0.1) is 5.82 Å². The van der Waals surface area contributed by atoms with Gasteiger partial charge in [-0.05, 0) is 62.2 Å². The van der Waals surface area contributed by atoms with Gasteiger partial charge in [-0.1, -0.05) is 12.1 Å². The highest BCUT2D eigenvalue weighted by molar-refractivity contribution is 7.13. The topological polar surface area (TPSA) is 82.8 Å². The molecule has 0 spiro atoms. The van der Waals surface area contributed by atoms with Crippen LogP contribution in [0.4, 0.5) is 4.39 Å². The van der Waals surface area contributed by atoms with E-state index in [2.05, 4.69) is 20.8 Å². The molecule has 1 fully saturated rings. The smallest absolute Gasteiger partial charge is 0.273 e. The van der Waals surface area contributed by atoms with Crippen molar-refractivity contribution < 1.29 is 14.3 Å². The number of benzene rings is 2. The Morgan fingerprint density at radius 3 is 2.92 bits per heavy atom. The van der Waals surface area contributed by atoms with Crippen molar-refractivity contribution in [1.82, 2.24) is 19.9 Å². The van der Waals surface area contributed by atoms with Gasteiger partial charge < -0.3 is 9.67 Å². The number of aromatic nitrogens is 2. The lowest BCUT2D eigenvalue weighted by molar-refractivity contribution is 0.0956. The van der Waals surface area contributed by atoms with Gasteiger partial charge in [0, 0.05) is 47.2 Å². The number of carbonyl (C=O) groups is 1. The molecule has 0 unspecified atom stereocenters. The molecule has 1 atom stereocenters. The summed E-state index contributed by atoms with van der Waals surface area (Å²) in [5.41, 5.74) is 6.73. The van der Waals surface area contributed by atoms with E-state index < -0.39 is 0 Å². The number of amides is 1. The molecule has 1 amide bonds. The summed E-state index contributed by atoms with van der Waals surface area (Å²) in [6, 6.07) is 12.2. The molecule has 1 aliphatic heterocycles. The second-order valence-electron chi connectivity index (χ2n) is 8.90. The van der Waals surface area contributed by atoms with Crippen LogP contribution in [0.25, 0.3) is 21.5 Å². The molecule has 1 aliphatic rings. The van der Waals surface area contributed by atoms with Crippen molar-refractivity contribution in [2.75, 3.05) is 13.2 Å². The van der Waals surface area contributed by atoms with Gasteiger partial charge in [0.05, 0.1) is 24.1 Å². The lowest BCUT2D eigenvalue weighted by Gasteiger charge is -2.21. The summed E-state index contributed by atoms with van der Waals surface area (Å²) >= 11 is 1.58. The fourth-order valence-electron chi connectivity index (χ4n) is 4.68. The number of nitrogens with zero attached hydrogens (tertiary/aromatic N) is 4. The van der Waals surface area contributed by atoms with Gasteiger partial charge in [0.25, 0.3) is 5.91 Å². The molecule has 0 aliphatic carbocycles. The molecule has 36 heavy (non-hydrogen) atoms. The Morgan fingerprint density at radius 1 is 1.31 bits per heavy atom. The fraction of sp³-hybridized carbons (Fsp3) is 0.296. The van der Waals surface area contributed by atoms with Crippen LogP contribution in [0.15, 0.2) is 59.1 Å². The molecule has 5 rings (SSSR count). The highest BCUT2D eigenvalue weighted by Crippen LogP contribution is 2.31. The second kappa shape index (κ2) is 10.7. The molecule has 2 aromatic heterocycles. The van der Waals surface area contributed by atoms with Crippen molar-refractivity contribution in [3.63, 3.8) is 0 Å². The van der Waals surface area contributed by atoms with Crippen LogP contribution in [0.3, 0.4) is 0 Å². The first-order valence-electron chi connectivity index (χ1n) is 12.1. The standard InChI is InChI=1S/C27H28FN5O2S/c1-2-32-15-24(26(35)31-29-13-18-5-8-20(28)9-6-18)23-12-19(7-10-25(23)32)27-30-21(17-36-27)14-33-11-3-4-22(33)16-34/h5-10,12-13,15,17,22,34H,2-4,11,14,16H2,1H3,(H,31,35)/b29-13+/t22-/m0/s1. The Morgan fingerprint density at radius 2 is 2.14 bits per heavy atom. The zero-order chi connectivity index (χ0) is 25.1. The van der Waals surface area contributed by atoms with Crippen LogP contribution >= 0.6 is 11.3 Å². The number of aliphatic hydroxyl groups is 1. The predicted octanol–water partition coefficient (Wildman–Crippen LogP) is 4.64. The van der Waals surface area contributed by atoms with Gasteiger partial charge in [0.2, 0.25) is 0 Å². The lowest BCUT2D eigenvalue weighted by Crippen LogP contribution is -2.31. The van der Waals surface area contributed by atoms with E-state index in [1.165, 1.54) is 18.3 Å². The first-order chi connectivity index (χ1) is 17.6. The first-order valence-corrected chi connectivity index (χ1v) is 12.9. The average Bonchev–Trinajstić information content (AvgIpc) is 3.63. The fourth-order valence-corrected chi connectivity index (χ4v) is 5.49. The van der Waals surface area contributed by atoms with Crippen LogP contribution in [0.1, 0.15) is 41.4 Å². The van der Waals surface area contributed by atoms with Crippen LogP contribution in [0.2, 0.25) is 0 Å². The molecule has 2 N–H and O–H groups in total. The molecule has 0 radical (unpaired) electrons. The van der Waals surface area contributed by atoms with Gasteiger partial charge in [-0.2, -0.15) is 5.10 Å². The van der Waals surface area contributed by atoms with E-state index in [1.807, 2.05) is 35.9 Å². The third kappa shape index (κ3) is 5.09. The van der Waals surface area contributed by atoms with Gasteiger partial charge in [0.15, 0.2) is 0 Å². The SMILES string of the molecule is CCn1cc(C(=O)N/N=C/c2ccc(F)cc2)c2cc(-c3nc(CN4CCC[C@H]4CO)cs3)ccc21. The van der Waals surface area contributed by atoms with Crippen molar-refractivity contribution in [1.29, 1.82) is 0 Å². The maximum Gasteiger partial charge on any atom is 0.273 e. The molecule has 0 bridgehead atoms. The monoisotopic (exact) mass is 505 g/mol. The van der Waals surface area contributed by atoms with Crippen molar-refractivity contribution >= 4 is 34.4 Å².